The van der Waals surface area contributed by atoms with E-state index in [1.54, 1.807) is 0 Å². The molecule has 0 aliphatic carbocycles. The molecule has 3 rings (SSSR count). The smallest absolute Gasteiger partial charge is 0.319 e. The first-order chi connectivity index (χ1) is 11.5. The predicted molar refractivity (Wildman–Crippen MR) is 94.1 cm³/mol. The number of aryl methyl sites for hydroxylation is 1. The van der Waals surface area contributed by atoms with Crippen molar-refractivity contribution >= 4 is 34.2 Å². The largest absolute Gasteiger partial charge is 0.333 e. The summed E-state index contributed by atoms with van der Waals surface area (Å²) in [5.41, 5.74) is 3.17. The molecule has 0 fully saturated rings. The zero-order valence-electron chi connectivity index (χ0n) is 13.7. The van der Waals surface area contributed by atoms with Gasteiger partial charge in [-0.15, -0.1) is 5.10 Å². The molecular weight excluding hydrogens is 324 g/mol. The van der Waals surface area contributed by atoms with Crippen LogP contribution in [-0.2, 0) is 6.54 Å². The molecule has 0 saturated carbocycles. The number of anilines is 1. The summed E-state index contributed by atoms with van der Waals surface area (Å²) in [4.78, 5) is 13.2. The summed E-state index contributed by atoms with van der Waals surface area (Å²) in [6, 6.07) is 7.17. The van der Waals surface area contributed by atoms with E-state index in [9.17, 15) is 4.79 Å². The third-order valence-electron chi connectivity index (χ3n) is 3.54. The molecule has 0 bridgehead atoms. The fraction of sp³-hybridized carbons (Fsp3) is 0.312. The van der Waals surface area contributed by atoms with E-state index >= 15 is 0 Å². The van der Waals surface area contributed by atoms with Crippen LogP contribution in [0.25, 0.3) is 10.9 Å². The van der Waals surface area contributed by atoms with Crippen LogP contribution in [0.2, 0.25) is 0 Å². The average molecular weight is 342 g/mol. The van der Waals surface area contributed by atoms with Crippen LogP contribution in [0.15, 0.2) is 24.3 Å². The van der Waals surface area contributed by atoms with E-state index in [2.05, 4.69) is 44.3 Å². The Hall–Kier alpha value is -2.61. The van der Waals surface area contributed by atoms with Gasteiger partial charge in [-0.1, -0.05) is 24.4 Å². The Labute approximate surface area is 143 Å². The topological polar surface area (TPSA) is 92.7 Å². The molecule has 24 heavy (non-hydrogen) atoms. The number of hydrogen-bond donors (Lipinski definition) is 2. The number of amides is 2. The summed E-state index contributed by atoms with van der Waals surface area (Å²) >= 11 is 1.31. The number of nitrogens with zero attached hydrogens (tertiary/aromatic N) is 4. The van der Waals surface area contributed by atoms with Crippen molar-refractivity contribution in [1.82, 2.24) is 25.1 Å². The average Bonchev–Trinajstić information content (AvgIpc) is 3.02. The SMILES string of the molecule is Cc1cc2c(NC(=O)NCc3snnc3C(C)C)cccc2nn1. The molecule has 1 aromatic carbocycles. The van der Waals surface area contributed by atoms with Crippen molar-refractivity contribution in [2.75, 3.05) is 5.32 Å². The van der Waals surface area contributed by atoms with Gasteiger partial charge in [0.25, 0.3) is 0 Å². The molecule has 0 aliphatic rings. The number of carbonyl (C=O) groups is 1. The van der Waals surface area contributed by atoms with Gasteiger partial charge in [-0.3, -0.25) is 0 Å². The van der Waals surface area contributed by atoms with Crippen LogP contribution in [0.3, 0.4) is 0 Å². The minimum absolute atomic E-state index is 0.278. The first-order valence-corrected chi connectivity index (χ1v) is 8.41. The molecule has 0 aliphatic heterocycles. The Kier molecular flexibility index (Phi) is 4.66. The molecule has 2 heterocycles. The summed E-state index contributed by atoms with van der Waals surface area (Å²) < 4.78 is 3.96. The maximum atomic E-state index is 12.2. The molecule has 0 spiro atoms. The van der Waals surface area contributed by atoms with Crippen LogP contribution in [-0.4, -0.2) is 25.8 Å². The number of aromatic nitrogens is 4. The van der Waals surface area contributed by atoms with E-state index in [1.165, 1.54) is 11.5 Å². The van der Waals surface area contributed by atoms with Crippen LogP contribution < -0.4 is 10.6 Å². The van der Waals surface area contributed by atoms with Crippen LogP contribution in [0, 0.1) is 6.92 Å². The molecule has 0 saturated heterocycles. The lowest BCUT2D eigenvalue weighted by Crippen LogP contribution is -2.28. The van der Waals surface area contributed by atoms with Gasteiger partial charge in [-0.2, -0.15) is 10.2 Å². The van der Waals surface area contributed by atoms with Crippen molar-refractivity contribution in [3.05, 3.63) is 40.5 Å². The summed E-state index contributed by atoms with van der Waals surface area (Å²) in [7, 11) is 0. The number of benzene rings is 1. The summed E-state index contributed by atoms with van der Waals surface area (Å²) in [5.74, 6) is 0.281. The Morgan fingerprint density at radius 2 is 2.08 bits per heavy atom. The monoisotopic (exact) mass is 342 g/mol. The second-order valence-electron chi connectivity index (χ2n) is 5.77. The number of hydrogen-bond acceptors (Lipinski definition) is 6. The van der Waals surface area contributed by atoms with Gasteiger partial charge in [0.2, 0.25) is 0 Å². The third kappa shape index (κ3) is 3.48. The molecule has 2 N–H and O–H groups in total. The van der Waals surface area contributed by atoms with E-state index in [-0.39, 0.29) is 11.9 Å². The maximum absolute atomic E-state index is 12.2. The van der Waals surface area contributed by atoms with Crippen molar-refractivity contribution in [3.63, 3.8) is 0 Å². The van der Waals surface area contributed by atoms with Gasteiger partial charge >= 0.3 is 6.03 Å². The number of carbonyl (C=O) groups excluding carboxylic acids is 1. The molecule has 8 heteroatoms. The first-order valence-electron chi connectivity index (χ1n) is 7.63. The van der Waals surface area contributed by atoms with E-state index in [1.807, 2.05) is 31.2 Å². The van der Waals surface area contributed by atoms with Gasteiger partial charge in [0.1, 0.15) is 0 Å². The highest BCUT2D eigenvalue weighted by atomic mass is 32.1. The van der Waals surface area contributed by atoms with Crippen molar-refractivity contribution in [2.24, 2.45) is 0 Å². The van der Waals surface area contributed by atoms with E-state index in [0.717, 1.165) is 27.2 Å². The number of fused-ring (bicyclic) bond motifs is 1. The highest BCUT2D eigenvalue weighted by Gasteiger charge is 2.13. The van der Waals surface area contributed by atoms with E-state index < -0.39 is 0 Å². The molecule has 2 amide bonds. The van der Waals surface area contributed by atoms with Crippen molar-refractivity contribution in [2.45, 2.75) is 33.2 Å². The van der Waals surface area contributed by atoms with E-state index in [4.69, 9.17) is 0 Å². The molecule has 7 nitrogen and oxygen atoms in total. The van der Waals surface area contributed by atoms with Gasteiger partial charge in [0.15, 0.2) is 0 Å². The molecule has 3 aromatic rings. The second kappa shape index (κ2) is 6.88. The quantitative estimate of drug-likeness (QED) is 0.759. The molecule has 124 valence electrons. The van der Waals surface area contributed by atoms with Gasteiger partial charge in [-0.25, -0.2) is 4.79 Å². The van der Waals surface area contributed by atoms with Gasteiger partial charge in [0.05, 0.1) is 34.0 Å². The lowest BCUT2D eigenvalue weighted by molar-refractivity contribution is 0.252. The zero-order chi connectivity index (χ0) is 17.1. The van der Waals surface area contributed by atoms with Gasteiger partial charge in [0, 0.05) is 5.39 Å². The van der Waals surface area contributed by atoms with Gasteiger partial charge < -0.3 is 10.6 Å². The highest BCUT2D eigenvalue weighted by Crippen LogP contribution is 2.22. The van der Waals surface area contributed by atoms with Crippen molar-refractivity contribution in [3.8, 4) is 0 Å². The summed E-state index contributed by atoms with van der Waals surface area (Å²) in [6.45, 7) is 6.38. The lowest BCUT2D eigenvalue weighted by atomic mass is 10.1. The Morgan fingerprint density at radius 1 is 1.25 bits per heavy atom. The standard InChI is InChI=1S/C16H18N6OS/c1-9(2)15-14(24-22-21-15)8-17-16(23)18-12-5-4-6-13-11(12)7-10(3)19-20-13/h4-7,9H,8H2,1-3H3,(H2,17,18,23). The number of urea groups is 1. The fourth-order valence-electron chi connectivity index (χ4n) is 2.37. The lowest BCUT2D eigenvalue weighted by Gasteiger charge is -2.10. The van der Waals surface area contributed by atoms with Crippen molar-refractivity contribution < 1.29 is 4.79 Å². The Bertz CT molecular complexity index is 876. The molecule has 0 atom stereocenters. The summed E-state index contributed by atoms with van der Waals surface area (Å²) in [5, 5.41) is 18.9. The maximum Gasteiger partial charge on any atom is 0.319 e. The molecular formula is C16H18N6OS. The number of nitrogens with one attached hydrogen (secondary N) is 2. The minimum Gasteiger partial charge on any atom is -0.333 e. The van der Waals surface area contributed by atoms with Crippen LogP contribution in [0.5, 0.6) is 0 Å². The second-order valence-corrected chi connectivity index (χ2v) is 6.61. The first kappa shape index (κ1) is 16.3. The summed E-state index contributed by atoms with van der Waals surface area (Å²) in [6.07, 6.45) is 0. The highest BCUT2D eigenvalue weighted by molar-refractivity contribution is 7.05. The zero-order valence-corrected chi connectivity index (χ0v) is 14.5. The van der Waals surface area contributed by atoms with Crippen molar-refractivity contribution in [1.29, 1.82) is 0 Å². The Balaban J connectivity index is 1.71. The van der Waals surface area contributed by atoms with Crippen LogP contribution in [0.4, 0.5) is 10.5 Å². The molecule has 0 radical (unpaired) electrons. The Morgan fingerprint density at radius 3 is 2.88 bits per heavy atom. The normalized spacial score (nSPS) is 11.0. The third-order valence-corrected chi connectivity index (χ3v) is 4.28. The van der Waals surface area contributed by atoms with E-state index in [0.29, 0.717) is 12.2 Å². The molecule has 2 aromatic heterocycles. The van der Waals surface area contributed by atoms with Crippen LogP contribution >= 0.6 is 11.5 Å². The molecule has 0 unspecified atom stereocenters. The van der Waals surface area contributed by atoms with Crippen LogP contribution in [0.1, 0.15) is 36.0 Å². The fourth-order valence-corrected chi connectivity index (χ4v) is 3.11. The number of rotatable bonds is 4. The van der Waals surface area contributed by atoms with Gasteiger partial charge in [-0.05, 0) is 42.6 Å². The minimum atomic E-state index is -0.278. The predicted octanol–water partition coefficient (Wildman–Crippen LogP) is 3.23.